The van der Waals surface area contributed by atoms with Crippen LogP contribution in [0.4, 0.5) is 5.00 Å². The van der Waals surface area contributed by atoms with Gasteiger partial charge in [0, 0.05) is 5.75 Å². The second kappa shape index (κ2) is 9.92. The summed E-state index contributed by atoms with van der Waals surface area (Å²) in [6.45, 7) is 3.44. The van der Waals surface area contributed by atoms with Crippen LogP contribution < -0.4 is 11.1 Å². The smallest absolute Gasteiger partial charge is 0.341 e. The molecule has 146 valence electrons. The van der Waals surface area contributed by atoms with Gasteiger partial charge in [-0.2, -0.15) is 5.26 Å². The predicted molar refractivity (Wildman–Crippen MR) is 109 cm³/mol. The van der Waals surface area contributed by atoms with Crippen molar-refractivity contribution in [1.82, 2.24) is 0 Å². The number of benzene rings is 1. The number of hydrogen-bond acceptors (Lipinski definition) is 7. The van der Waals surface area contributed by atoms with Crippen LogP contribution in [-0.2, 0) is 15.3 Å². The first-order chi connectivity index (χ1) is 13.4. The van der Waals surface area contributed by atoms with Crippen LogP contribution in [0.2, 0.25) is 0 Å². The molecule has 2 rings (SSSR count). The number of thioether (sulfide) groups is 1. The third-order valence-electron chi connectivity index (χ3n) is 3.69. The minimum absolute atomic E-state index is 0.158. The lowest BCUT2D eigenvalue weighted by Crippen LogP contribution is -2.16. The van der Waals surface area contributed by atoms with Gasteiger partial charge in [-0.15, -0.1) is 23.1 Å². The van der Waals surface area contributed by atoms with Gasteiger partial charge in [0.15, 0.2) is 0 Å². The van der Waals surface area contributed by atoms with Crippen LogP contribution in [0.5, 0.6) is 0 Å². The zero-order valence-electron chi connectivity index (χ0n) is 15.4. The van der Waals surface area contributed by atoms with Gasteiger partial charge >= 0.3 is 5.97 Å². The maximum atomic E-state index is 12.3. The summed E-state index contributed by atoms with van der Waals surface area (Å²) in [5, 5.41) is 11.7. The zero-order valence-corrected chi connectivity index (χ0v) is 17.0. The molecule has 1 aromatic carbocycles. The Morgan fingerprint density at radius 2 is 1.96 bits per heavy atom. The van der Waals surface area contributed by atoms with E-state index in [-0.39, 0.29) is 33.7 Å². The van der Waals surface area contributed by atoms with E-state index in [0.717, 1.165) is 16.9 Å². The van der Waals surface area contributed by atoms with Crippen molar-refractivity contribution in [1.29, 1.82) is 5.26 Å². The molecule has 1 heterocycles. The van der Waals surface area contributed by atoms with Crippen LogP contribution in [0.1, 0.15) is 43.6 Å². The van der Waals surface area contributed by atoms with Crippen LogP contribution >= 0.6 is 23.1 Å². The van der Waals surface area contributed by atoms with Gasteiger partial charge in [0.25, 0.3) is 5.91 Å². The Bertz CT molecular complexity index is 930. The van der Waals surface area contributed by atoms with E-state index in [9.17, 15) is 14.4 Å². The topological polar surface area (TPSA) is 122 Å². The molecular weight excluding hydrogens is 398 g/mol. The van der Waals surface area contributed by atoms with Crippen molar-refractivity contribution in [2.75, 3.05) is 17.7 Å². The molecule has 3 N–H and O–H groups in total. The van der Waals surface area contributed by atoms with Crippen molar-refractivity contribution in [2.45, 2.75) is 19.6 Å². The largest absolute Gasteiger partial charge is 0.462 e. The van der Waals surface area contributed by atoms with E-state index in [0.29, 0.717) is 16.9 Å². The lowest BCUT2D eigenvalue weighted by Gasteiger charge is -2.07. The van der Waals surface area contributed by atoms with Crippen LogP contribution in [-0.4, -0.2) is 30.1 Å². The lowest BCUT2D eigenvalue weighted by molar-refractivity contribution is -0.113. The number of hydrogen-bond donors (Lipinski definition) is 2. The maximum absolute atomic E-state index is 12.3. The Hall–Kier alpha value is -2.83. The minimum atomic E-state index is -0.663. The predicted octanol–water partition coefficient (Wildman–Crippen LogP) is 3.08. The SMILES string of the molecule is CCOC(=O)c1c(NC(=O)CSCc2ccc(C#N)cc2)sc(C(N)=O)c1C. The third-order valence-corrected chi connectivity index (χ3v) is 5.91. The molecule has 0 saturated carbocycles. The number of esters is 1. The van der Waals surface area contributed by atoms with Crippen LogP contribution in [0.15, 0.2) is 24.3 Å². The molecule has 0 bridgehead atoms. The highest BCUT2D eigenvalue weighted by Crippen LogP contribution is 2.33. The van der Waals surface area contributed by atoms with Crippen molar-refractivity contribution < 1.29 is 19.1 Å². The first-order valence-electron chi connectivity index (χ1n) is 8.34. The van der Waals surface area contributed by atoms with Crippen LogP contribution in [0.25, 0.3) is 0 Å². The Labute approximate surface area is 170 Å². The maximum Gasteiger partial charge on any atom is 0.341 e. The lowest BCUT2D eigenvalue weighted by atomic mass is 10.1. The third kappa shape index (κ3) is 5.34. The van der Waals surface area contributed by atoms with E-state index in [1.807, 2.05) is 12.1 Å². The second-order valence-electron chi connectivity index (χ2n) is 5.69. The van der Waals surface area contributed by atoms with Gasteiger partial charge in [-0.3, -0.25) is 9.59 Å². The monoisotopic (exact) mass is 417 g/mol. The van der Waals surface area contributed by atoms with E-state index in [4.69, 9.17) is 15.7 Å². The average molecular weight is 418 g/mol. The number of nitrogens with two attached hydrogens (primary N) is 1. The molecule has 2 aromatic rings. The van der Waals surface area contributed by atoms with Crippen molar-refractivity contribution >= 4 is 45.9 Å². The molecule has 0 saturated heterocycles. The van der Waals surface area contributed by atoms with Crippen molar-refractivity contribution in [3.63, 3.8) is 0 Å². The fourth-order valence-corrected chi connectivity index (χ4v) is 4.24. The molecule has 0 radical (unpaired) electrons. The fraction of sp³-hybridized carbons (Fsp3) is 0.263. The molecule has 0 aliphatic carbocycles. The van der Waals surface area contributed by atoms with Gasteiger partial charge in [0.2, 0.25) is 5.91 Å². The van der Waals surface area contributed by atoms with Gasteiger partial charge in [0.1, 0.15) is 5.00 Å². The number of nitrogens with zero attached hydrogens (tertiary/aromatic N) is 1. The summed E-state index contributed by atoms with van der Waals surface area (Å²) in [4.78, 5) is 36.3. The van der Waals surface area contributed by atoms with Crippen molar-refractivity contribution in [2.24, 2.45) is 5.73 Å². The highest BCUT2D eigenvalue weighted by atomic mass is 32.2. The zero-order chi connectivity index (χ0) is 20.7. The normalized spacial score (nSPS) is 10.2. The molecular formula is C19H19N3O4S2. The number of primary amides is 1. The number of rotatable bonds is 8. The molecule has 0 fully saturated rings. The molecule has 0 aliphatic heterocycles. The Balaban J connectivity index is 2.03. The molecule has 2 amide bonds. The van der Waals surface area contributed by atoms with E-state index >= 15 is 0 Å². The fourth-order valence-electron chi connectivity index (χ4n) is 2.39. The molecule has 0 aliphatic rings. The van der Waals surface area contributed by atoms with Crippen LogP contribution in [0.3, 0.4) is 0 Å². The molecule has 0 unspecified atom stereocenters. The number of anilines is 1. The first-order valence-corrected chi connectivity index (χ1v) is 10.3. The quantitative estimate of drug-likeness (QED) is 0.637. The Morgan fingerprint density at radius 1 is 1.29 bits per heavy atom. The number of carbonyl (C=O) groups is 3. The molecule has 0 atom stereocenters. The summed E-state index contributed by atoms with van der Waals surface area (Å²) < 4.78 is 5.02. The van der Waals surface area contributed by atoms with Gasteiger partial charge < -0.3 is 15.8 Å². The van der Waals surface area contributed by atoms with Crippen LogP contribution in [0, 0.1) is 18.3 Å². The van der Waals surface area contributed by atoms with E-state index in [2.05, 4.69) is 11.4 Å². The summed E-state index contributed by atoms with van der Waals surface area (Å²) in [6.07, 6.45) is 0. The molecule has 9 heteroatoms. The van der Waals surface area contributed by atoms with Crippen molar-refractivity contribution in [3.05, 3.63) is 51.4 Å². The van der Waals surface area contributed by atoms with Gasteiger partial charge in [-0.25, -0.2) is 4.79 Å². The molecule has 0 spiro atoms. The Morgan fingerprint density at radius 3 is 2.54 bits per heavy atom. The number of amides is 2. The number of carbonyl (C=O) groups excluding carboxylic acids is 3. The average Bonchev–Trinajstić information content (AvgIpc) is 2.98. The van der Waals surface area contributed by atoms with E-state index < -0.39 is 11.9 Å². The molecule has 7 nitrogen and oxygen atoms in total. The number of nitriles is 1. The van der Waals surface area contributed by atoms with Gasteiger partial charge in [0.05, 0.1) is 34.4 Å². The number of nitrogens with one attached hydrogen (secondary N) is 1. The summed E-state index contributed by atoms with van der Waals surface area (Å²) in [5.41, 5.74) is 7.48. The van der Waals surface area contributed by atoms with E-state index in [1.54, 1.807) is 26.0 Å². The summed E-state index contributed by atoms with van der Waals surface area (Å²) in [5.74, 6) is -0.820. The van der Waals surface area contributed by atoms with Crippen molar-refractivity contribution in [3.8, 4) is 6.07 Å². The summed E-state index contributed by atoms with van der Waals surface area (Å²) in [7, 11) is 0. The highest BCUT2D eigenvalue weighted by Gasteiger charge is 2.25. The van der Waals surface area contributed by atoms with Gasteiger partial charge in [-0.05, 0) is 37.1 Å². The Kier molecular flexibility index (Phi) is 7.61. The minimum Gasteiger partial charge on any atom is -0.462 e. The first kappa shape index (κ1) is 21.5. The number of thiophene rings is 1. The van der Waals surface area contributed by atoms with E-state index in [1.165, 1.54) is 11.8 Å². The standard InChI is InChI=1S/C19H19N3O4S2/c1-3-26-19(25)15-11(2)16(17(21)24)28-18(15)22-14(23)10-27-9-13-6-4-12(8-20)5-7-13/h4-7H,3,9-10H2,1-2H3,(H2,21,24)(H,22,23). The number of ether oxygens (including phenoxy) is 1. The second-order valence-corrected chi connectivity index (χ2v) is 7.70. The summed E-state index contributed by atoms with van der Waals surface area (Å²) >= 11 is 2.35. The van der Waals surface area contributed by atoms with Gasteiger partial charge in [-0.1, -0.05) is 12.1 Å². The highest BCUT2D eigenvalue weighted by molar-refractivity contribution is 7.99. The summed E-state index contributed by atoms with van der Waals surface area (Å²) in [6, 6.07) is 9.18. The molecule has 1 aromatic heterocycles. The molecule has 28 heavy (non-hydrogen) atoms.